The van der Waals surface area contributed by atoms with Gasteiger partial charge in [-0.3, -0.25) is 5.32 Å². The van der Waals surface area contributed by atoms with Crippen molar-refractivity contribution in [3.8, 4) is 6.07 Å². The second kappa shape index (κ2) is 11.2. The van der Waals surface area contributed by atoms with Crippen LogP contribution in [0.5, 0.6) is 0 Å². The molecule has 0 aliphatic heterocycles. The van der Waals surface area contributed by atoms with Crippen molar-refractivity contribution in [2.24, 2.45) is 0 Å². The lowest BCUT2D eigenvalue weighted by Gasteiger charge is -2.26. The third kappa shape index (κ3) is 9.85. The van der Waals surface area contributed by atoms with Gasteiger partial charge in [-0.1, -0.05) is 6.92 Å². The van der Waals surface area contributed by atoms with Crippen LogP contribution in [-0.4, -0.2) is 51.7 Å². The number of nitrogens with one attached hydrogen (secondary N) is 1. The molecule has 2 atom stereocenters. The molecule has 0 aromatic heterocycles. The molecule has 0 saturated heterocycles. The smallest absolute Gasteiger partial charge is 0.106 e. The van der Waals surface area contributed by atoms with E-state index in [0.717, 1.165) is 19.6 Å². The Bertz CT molecular complexity index is 256. The van der Waals surface area contributed by atoms with Crippen molar-refractivity contribution in [3.05, 3.63) is 0 Å². The largest absolute Gasteiger partial charge is 0.385 e. The minimum atomic E-state index is -0.520. The van der Waals surface area contributed by atoms with E-state index in [1.54, 1.807) is 7.11 Å². The van der Waals surface area contributed by atoms with Crippen LogP contribution >= 0.6 is 0 Å². The molecule has 5 heteroatoms. The number of nitrogens with zero attached hydrogens (tertiary/aromatic N) is 1. The lowest BCUT2D eigenvalue weighted by molar-refractivity contribution is -0.000551. The monoisotopic (exact) mass is 272 g/mol. The van der Waals surface area contributed by atoms with Gasteiger partial charge < -0.3 is 14.2 Å². The molecule has 112 valence electrons. The van der Waals surface area contributed by atoms with E-state index in [9.17, 15) is 0 Å². The molecular formula is C14H28N2O3. The highest BCUT2D eigenvalue weighted by Crippen LogP contribution is 2.13. The minimum absolute atomic E-state index is 0.0336. The number of hydrogen-bond acceptors (Lipinski definition) is 5. The SMILES string of the molecule is CCNC(C)(C#N)CC(C)OCCOCCCOC. The number of hydrogen-bond donors (Lipinski definition) is 1. The molecule has 0 spiro atoms. The van der Waals surface area contributed by atoms with Gasteiger partial charge in [-0.15, -0.1) is 0 Å². The van der Waals surface area contributed by atoms with Crippen LogP contribution in [0.25, 0.3) is 0 Å². The fourth-order valence-corrected chi connectivity index (χ4v) is 1.90. The molecule has 0 bridgehead atoms. The van der Waals surface area contributed by atoms with Crippen LogP contribution in [0.15, 0.2) is 0 Å². The van der Waals surface area contributed by atoms with E-state index in [0.29, 0.717) is 26.2 Å². The quantitative estimate of drug-likeness (QED) is 0.548. The van der Waals surface area contributed by atoms with Gasteiger partial charge in [0.25, 0.3) is 0 Å². The van der Waals surface area contributed by atoms with Gasteiger partial charge in [-0.2, -0.15) is 5.26 Å². The summed E-state index contributed by atoms with van der Waals surface area (Å²) in [6.07, 6.45) is 1.60. The maximum Gasteiger partial charge on any atom is 0.106 e. The molecule has 0 aliphatic rings. The Labute approximate surface area is 117 Å². The molecule has 0 aromatic carbocycles. The van der Waals surface area contributed by atoms with Crippen LogP contribution in [0.3, 0.4) is 0 Å². The summed E-state index contributed by atoms with van der Waals surface area (Å²) in [6.45, 7) is 9.21. The van der Waals surface area contributed by atoms with Crippen molar-refractivity contribution in [3.63, 3.8) is 0 Å². The van der Waals surface area contributed by atoms with Crippen LogP contribution in [0.2, 0.25) is 0 Å². The third-order valence-corrected chi connectivity index (χ3v) is 2.78. The van der Waals surface area contributed by atoms with Crippen molar-refractivity contribution >= 4 is 0 Å². The molecule has 5 nitrogen and oxygen atoms in total. The normalized spacial score (nSPS) is 15.7. The first-order valence-electron chi connectivity index (χ1n) is 6.92. The number of nitriles is 1. The average molecular weight is 272 g/mol. The summed E-state index contributed by atoms with van der Waals surface area (Å²) in [5, 5.41) is 12.3. The van der Waals surface area contributed by atoms with Crippen LogP contribution in [0, 0.1) is 11.3 Å². The Balaban J connectivity index is 3.64. The lowest BCUT2D eigenvalue weighted by atomic mass is 9.96. The summed E-state index contributed by atoms with van der Waals surface area (Å²) in [5.74, 6) is 0. The zero-order valence-electron chi connectivity index (χ0n) is 12.7. The van der Waals surface area contributed by atoms with Crippen molar-refractivity contribution in [2.75, 3.05) is 40.1 Å². The van der Waals surface area contributed by atoms with Crippen molar-refractivity contribution in [1.82, 2.24) is 5.32 Å². The Morgan fingerprint density at radius 2 is 2.00 bits per heavy atom. The van der Waals surface area contributed by atoms with Crippen molar-refractivity contribution in [1.29, 1.82) is 5.26 Å². The molecule has 0 heterocycles. The van der Waals surface area contributed by atoms with Gasteiger partial charge in [0.1, 0.15) is 5.54 Å². The van der Waals surface area contributed by atoms with Crippen LogP contribution < -0.4 is 5.32 Å². The summed E-state index contributed by atoms with van der Waals surface area (Å²) in [5.41, 5.74) is -0.520. The average Bonchev–Trinajstić information content (AvgIpc) is 2.38. The van der Waals surface area contributed by atoms with Crippen molar-refractivity contribution in [2.45, 2.75) is 45.3 Å². The van der Waals surface area contributed by atoms with E-state index >= 15 is 0 Å². The molecule has 1 N–H and O–H groups in total. The fraction of sp³-hybridized carbons (Fsp3) is 0.929. The zero-order valence-corrected chi connectivity index (χ0v) is 12.7. The minimum Gasteiger partial charge on any atom is -0.385 e. The second-order valence-electron chi connectivity index (χ2n) is 4.82. The summed E-state index contributed by atoms with van der Waals surface area (Å²) >= 11 is 0. The molecule has 0 saturated carbocycles. The third-order valence-electron chi connectivity index (χ3n) is 2.78. The Hall–Kier alpha value is -0.670. The van der Waals surface area contributed by atoms with E-state index < -0.39 is 5.54 Å². The molecule has 0 aliphatic carbocycles. The van der Waals surface area contributed by atoms with Gasteiger partial charge in [0.15, 0.2) is 0 Å². The second-order valence-corrected chi connectivity index (χ2v) is 4.82. The zero-order chi connectivity index (χ0) is 14.6. The molecule has 19 heavy (non-hydrogen) atoms. The van der Waals surface area contributed by atoms with Gasteiger partial charge in [0, 0.05) is 26.7 Å². The number of ether oxygens (including phenoxy) is 3. The topological polar surface area (TPSA) is 63.5 Å². The van der Waals surface area contributed by atoms with Crippen LogP contribution in [-0.2, 0) is 14.2 Å². The first-order valence-corrected chi connectivity index (χ1v) is 6.92. The molecule has 0 radical (unpaired) electrons. The van der Waals surface area contributed by atoms with E-state index in [1.807, 2.05) is 20.8 Å². The summed E-state index contributed by atoms with van der Waals surface area (Å²) in [6, 6.07) is 2.30. The van der Waals surface area contributed by atoms with E-state index in [-0.39, 0.29) is 6.10 Å². The van der Waals surface area contributed by atoms with Crippen LogP contribution in [0.4, 0.5) is 0 Å². The molecular weight excluding hydrogens is 244 g/mol. The maximum absolute atomic E-state index is 9.15. The van der Waals surface area contributed by atoms with E-state index in [2.05, 4.69) is 11.4 Å². The first-order chi connectivity index (χ1) is 9.08. The fourth-order valence-electron chi connectivity index (χ4n) is 1.90. The summed E-state index contributed by atoms with van der Waals surface area (Å²) < 4.78 is 16.0. The number of methoxy groups -OCH3 is 1. The maximum atomic E-state index is 9.15. The van der Waals surface area contributed by atoms with Crippen molar-refractivity contribution < 1.29 is 14.2 Å². The Morgan fingerprint density at radius 1 is 1.26 bits per heavy atom. The van der Waals surface area contributed by atoms with E-state index in [4.69, 9.17) is 19.5 Å². The number of rotatable bonds is 12. The predicted molar refractivity (Wildman–Crippen MR) is 75.0 cm³/mol. The molecule has 0 fully saturated rings. The first kappa shape index (κ1) is 18.3. The molecule has 0 rings (SSSR count). The Kier molecular flexibility index (Phi) is 10.8. The van der Waals surface area contributed by atoms with Gasteiger partial charge in [-0.25, -0.2) is 0 Å². The summed E-state index contributed by atoms with van der Waals surface area (Å²) in [7, 11) is 1.68. The highest BCUT2D eigenvalue weighted by atomic mass is 16.5. The predicted octanol–water partition coefficient (Wildman–Crippen LogP) is 1.73. The molecule has 2 unspecified atom stereocenters. The van der Waals surface area contributed by atoms with Crippen LogP contribution in [0.1, 0.15) is 33.6 Å². The Morgan fingerprint density at radius 3 is 2.58 bits per heavy atom. The van der Waals surface area contributed by atoms with Gasteiger partial charge in [0.2, 0.25) is 0 Å². The lowest BCUT2D eigenvalue weighted by Crippen LogP contribution is -2.43. The highest BCUT2D eigenvalue weighted by Gasteiger charge is 2.25. The van der Waals surface area contributed by atoms with Gasteiger partial charge in [-0.05, 0) is 26.8 Å². The van der Waals surface area contributed by atoms with Gasteiger partial charge >= 0.3 is 0 Å². The summed E-state index contributed by atoms with van der Waals surface area (Å²) in [4.78, 5) is 0. The molecule has 0 aromatic rings. The van der Waals surface area contributed by atoms with E-state index in [1.165, 1.54) is 0 Å². The van der Waals surface area contributed by atoms with Gasteiger partial charge in [0.05, 0.1) is 25.4 Å². The highest BCUT2D eigenvalue weighted by molar-refractivity contribution is 5.04. The standard InChI is InChI=1S/C14H28N2O3/c1-5-16-14(3,12-15)11-13(2)19-10-9-18-8-6-7-17-4/h13,16H,5-11H2,1-4H3. The molecule has 0 amide bonds.